The Balaban J connectivity index is 0.000000154. The van der Waals surface area contributed by atoms with E-state index in [4.69, 9.17) is 9.31 Å². The summed E-state index contributed by atoms with van der Waals surface area (Å²) in [6, 6.07) is 45.1. The molecule has 0 fully saturated rings. The number of nitrogens with zero attached hydrogens (tertiary/aromatic N) is 6. The Morgan fingerprint density at radius 1 is 0.450 bits per heavy atom. The molecule has 10 rings (SSSR count). The van der Waals surface area contributed by atoms with Gasteiger partial charge in [0, 0.05) is 49.6 Å². The van der Waals surface area contributed by atoms with Gasteiger partial charge in [-0.15, -0.1) is 0 Å². The summed E-state index contributed by atoms with van der Waals surface area (Å²) >= 11 is 2.48. The van der Waals surface area contributed by atoms with Crippen LogP contribution in [0, 0.1) is 0 Å². The molecular weight excluding hydrogens is 806 g/mol. The Labute approximate surface area is 351 Å². The second kappa shape index (κ2) is 15.3. The summed E-state index contributed by atoms with van der Waals surface area (Å²) in [5.41, 5.74) is 7.85. The lowest BCUT2D eigenvalue weighted by Gasteiger charge is -2.26. The number of fused-ring (bicyclic) bond motifs is 6. The van der Waals surface area contributed by atoms with Gasteiger partial charge in [-0.2, -0.15) is 0 Å². The summed E-state index contributed by atoms with van der Waals surface area (Å²) < 4.78 is 73.7. The molecule has 2 aromatic heterocycles. The van der Waals surface area contributed by atoms with Crippen LogP contribution < -0.4 is 18.8 Å². The van der Waals surface area contributed by atoms with Crippen LogP contribution in [0.3, 0.4) is 0 Å². The molecule has 0 saturated heterocycles. The minimum Gasteiger partial charge on any atom is -0.590 e. The van der Waals surface area contributed by atoms with Gasteiger partial charge < -0.3 is 45.3 Å². The molecule has 0 bridgehead atoms. The number of anilines is 2. The molecule has 300 valence electrons. The first-order valence-corrected chi connectivity index (χ1v) is 20.7. The molecule has 0 saturated carbocycles. The highest BCUT2D eigenvalue weighted by molar-refractivity contribution is 7.22. The highest BCUT2D eigenvalue weighted by Gasteiger charge is 2.50. The maximum atomic E-state index is 15.0. The number of hydrogen-bond donors (Lipinski definition) is 0. The first-order chi connectivity index (χ1) is 28.8. The highest BCUT2D eigenvalue weighted by atomic mass is 32.1. The average Bonchev–Trinajstić information content (AvgIpc) is 3.83. The van der Waals surface area contributed by atoms with Crippen molar-refractivity contribution in [3.63, 3.8) is 0 Å². The number of thiazole rings is 2. The fourth-order valence-corrected chi connectivity index (χ4v) is 9.32. The lowest BCUT2D eigenvalue weighted by molar-refractivity contribution is -0.537. The molecule has 0 radical (unpaired) electrons. The Bertz CT molecular complexity index is 2740. The number of hydrogen-bond acceptors (Lipinski definition) is 8. The molecular formula is C44H36B2F4N6O2S2. The van der Waals surface area contributed by atoms with Crippen molar-refractivity contribution in [3.8, 4) is 22.3 Å². The third-order valence-corrected chi connectivity index (χ3v) is 12.3. The number of aliphatic imine (C=N–C) groups is 2. The largest absolute Gasteiger partial charge is 0.737 e. The van der Waals surface area contributed by atoms with Gasteiger partial charge in [0.25, 0.3) is 11.8 Å². The van der Waals surface area contributed by atoms with Crippen LogP contribution in [-0.2, 0) is 9.31 Å². The number of aromatic nitrogens is 2. The molecule has 0 N–H and O–H groups in total. The summed E-state index contributed by atoms with van der Waals surface area (Å²) in [6.45, 7) is 0. The van der Waals surface area contributed by atoms with Crippen molar-refractivity contribution in [2.24, 2.45) is 9.98 Å². The van der Waals surface area contributed by atoms with Gasteiger partial charge in [0.1, 0.15) is 11.0 Å². The molecule has 8 nitrogen and oxygen atoms in total. The number of rotatable bonds is 6. The van der Waals surface area contributed by atoms with E-state index in [2.05, 4.69) is 9.98 Å². The molecule has 2 aliphatic rings. The third kappa shape index (κ3) is 7.37. The van der Waals surface area contributed by atoms with Crippen molar-refractivity contribution in [1.82, 2.24) is 0 Å². The predicted octanol–water partition coefficient (Wildman–Crippen LogP) is 10.5. The molecule has 0 unspecified atom stereocenters. The van der Waals surface area contributed by atoms with Gasteiger partial charge in [-0.05, 0) is 118 Å². The zero-order chi connectivity index (χ0) is 41.8. The van der Waals surface area contributed by atoms with Crippen molar-refractivity contribution < 1.29 is 35.5 Å². The molecule has 60 heavy (non-hydrogen) atoms. The van der Waals surface area contributed by atoms with E-state index in [1.165, 1.54) is 22.7 Å². The molecule has 0 aliphatic carbocycles. The fourth-order valence-electron chi connectivity index (χ4n) is 7.12. The van der Waals surface area contributed by atoms with Gasteiger partial charge >= 0.3 is 24.3 Å². The lowest BCUT2D eigenvalue weighted by Crippen LogP contribution is -2.62. The third-order valence-electron chi connectivity index (χ3n) is 10.2. The summed E-state index contributed by atoms with van der Waals surface area (Å²) in [7, 11) is -0.890. The molecule has 4 heterocycles. The average molecular weight is 843 g/mol. The maximum absolute atomic E-state index is 15.0. The molecule has 6 aromatic carbocycles. The monoisotopic (exact) mass is 842 g/mol. The Morgan fingerprint density at radius 3 is 1.15 bits per heavy atom. The van der Waals surface area contributed by atoms with Crippen molar-refractivity contribution in [3.05, 3.63) is 157 Å². The van der Waals surface area contributed by atoms with E-state index in [0.29, 0.717) is 22.2 Å². The van der Waals surface area contributed by atoms with Crippen molar-refractivity contribution in [2.75, 3.05) is 38.0 Å². The minimum absolute atomic E-state index is 0.0554. The summed E-state index contributed by atoms with van der Waals surface area (Å²) in [5, 5.41) is 0.469. The maximum Gasteiger partial charge on any atom is 0.737 e. The van der Waals surface area contributed by atoms with Crippen LogP contribution in [0.1, 0.15) is 11.1 Å². The molecule has 0 spiro atoms. The number of halogens is 4. The Kier molecular flexibility index (Phi) is 9.91. The smallest absolute Gasteiger partial charge is 0.590 e. The van der Waals surface area contributed by atoms with E-state index in [1.54, 1.807) is 36.4 Å². The predicted molar refractivity (Wildman–Crippen MR) is 238 cm³/mol. The standard InChI is InChI=1S/2C22H18BF2N3OS/c2*1-27(2)18-11-8-16(9-12-18)21-26-22-28(23(24,25)29-21)19-13-10-17(14-20(19)30-22)15-6-4-3-5-7-15/h2*3-14H,1-2H3. The first-order valence-electron chi connectivity index (χ1n) is 19.1. The topological polar surface area (TPSA) is 57.4 Å². The van der Waals surface area contributed by atoms with Gasteiger partial charge in [-0.3, -0.25) is 0 Å². The van der Waals surface area contributed by atoms with Crippen LogP contribution in [0.15, 0.2) is 156 Å². The molecule has 0 amide bonds. The molecule has 16 heteroatoms. The normalized spacial score (nSPS) is 14.7. The zero-order valence-electron chi connectivity index (χ0n) is 32.8. The van der Waals surface area contributed by atoms with E-state index < -0.39 is 14.1 Å². The SMILES string of the molecule is CN(C)c1ccc(C2=Nc3sc4cc(-c5ccccc5)ccc4[n+]3[B-](F)(F)O2)cc1.CN(C)c1ccc(C2=Nc3sc4cc(-c5ccccc5)ccc4[n+]3[B-](F)(F)O2)cc1. The Hall–Kier alpha value is -6.51. The van der Waals surface area contributed by atoms with E-state index >= 15 is 17.3 Å². The van der Waals surface area contributed by atoms with E-state index in [-0.39, 0.29) is 22.1 Å². The molecule has 0 atom stereocenters. The lowest BCUT2D eigenvalue weighted by atomic mass is 10.0. The first kappa shape index (κ1) is 39.0. The van der Waals surface area contributed by atoms with Crippen molar-refractivity contribution >= 4 is 90.6 Å². The van der Waals surface area contributed by atoms with Crippen molar-refractivity contribution in [2.45, 2.75) is 0 Å². The summed E-state index contributed by atoms with van der Waals surface area (Å²) in [6.07, 6.45) is 0. The van der Waals surface area contributed by atoms with Gasteiger partial charge in [0.15, 0.2) is 0 Å². The quantitative estimate of drug-likeness (QED) is 0.124. The van der Waals surface area contributed by atoms with Crippen molar-refractivity contribution in [1.29, 1.82) is 0 Å². The van der Waals surface area contributed by atoms with Gasteiger partial charge in [-0.1, -0.05) is 72.8 Å². The fraction of sp³-hybridized carbons (Fsp3) is 0.0909. The van der Waals surface area contributed by atoms with Gasteiger partial charge in [0.05, 0.1) is 20.5 Å². The van der Waals surface area contributed by atoms with Crippen LogP contribution in [-0.4, -0.2) is 54.1 Å². The number of benzene rings is 6. The molecule has 8 aromatic rings. The summed E-state index contributed by atoms with van der Waals surface area (Å²) in [4.78, 5) is 12.7. The van der Waals surface area contributed by atoms with Crippen LogP contribution in [0.5, 0.6) is 0 Å². The molecule has 2 aliphatic heterocycles. The second-order valence-corrected chi connectivity index (χ2v) is 16.7. The summed E-state index contributed by atoms with van der Waals surface area (Å²) in [5.74, 6) is -0.111. The van der Waals surface area contributed by atoms with E-state index in [0.717, 1.165) is 52.0 Å². The zero-order valence-corrected chi connectivity index (χ0v) is 34.5. The van der Waals surface area contributed by atoms with Crippen LogP contribution in [0.25, 0.3) is 42.7 Å². The van der Waals surface area contributed by atoms with Gasteiger partial charge in [-0.25, -0.2) is 0 Å². The Morgan fingerprint density at radius 2 is 0.800 bits per heavy atom. The van der Waals surface area contributed by atoms with E-state index in [1.807, 2.05) is 147 Å². The second-order valence-electron chi connectivity index (χ2n) is 14.7. The van der Waals surface area contributed by atoms with Crippen LogP contribution in [0.4, 0.5) is 38.9 Å². The van der Waals surface area contributed by atoms with E-state index in [9.17, 15) is 0 Å². The van der Waals surface area contributed by atoms with Crippen LogP contribution in [0.2, 0.25) is 0 Å². The highest BCUT2D eigenvalue weighted by Crippen LogP contribution is 2.37. The van der Waals surface area contributed by atoms with Crippen LogP contribution >= 0.6 is 22.7 Å². The van der Waals surface area contributed by atoms with Gasteiger partial charge in [0.2, 0.25) is 0 Å². The minimum atomic E-state index is -4.29.